The van der Waals surface area contributed by atoms with Crippen LogP contribution in [-0.4, -0.2) is 70.5 Å². The van der Waals surface area contributed by atoms with Gasteiger partial charge in [0.05, 0.1) is 45.7 Å². The fourth-order valence-corrected chi connectivity index (χ4v) is 13.5. The molecule has 0 unspecified atom stereocenters. The predicted octanol–water partition coefficient (Wildman–Crippen LogP) is 12.5. The monoisotopic (exact) mass is 907 g/mol. The average molecular weight is 907 g/mol. The second kappa shape index (κ2) is 23.1. The quantitative estimate of drug-likeness (QED) is 0.0500. The highest BCUT2D eigenvalue weighted by Gasteiger charge is 2.62. The Labute approximate surface area is 397 Å². The number of benzene rings is 3. The summed E-state index contributed by atoms with van der Waals surface area (Å²) in [7, 11) is 1.67. The summed E-state index contributed by atoms with van der Waals surface area (Å²) in [6.45, 7) is 15.2. The van der Waals surface area contributed by atoms with Gasteiger partial charge in [0, 0.05) is 7.11 Å². The van der Waals surface area contributed by atoms with Gasteiger partial charge in [-0.25, -0.2) is 0 Å². The van der Waals surface area contributed by atoms with Crippen molar-refractivity contribution in [2.45, 2.75) is 155 Å². The van der Waals surface area contributed by atoms with Crippen LogP contribution in [0.4, 0.5) is 0 Å². The van der Waals surface area contributed by atoms with Gasteiger partial charge < -0.3 is 37.9 Å². The molecule has 8 rings (SSSR count). The molecule has 8 nitrogen and oxygen atoms in total. The number of methoxy groups -OCH3 is 1. The predicted molar refractivity (Wildman–Crippen MR) is 260 cm³/mol. The molecule has 1 aliphatic heterocycles. The topological polar surface area (TPSA) is 73.8 Å². The molecule has 0 radical (unpaired) electrons. The summed E-state index contributed by atoms with van der Waals surface area (Å²) in [5.74, 6) is 3.50. The Morgan fingerprint density at radius 2 is 1.38 bits per heavy atom. The summed E-state index contributed by atoms with van der Waals surface area (Å²) in [6, 6.07) is 30.9. The Balaban J connectivity index is 1.04. The fraction of sp³-hybridized carbons (Fsp3) is 0.655. The van der Waals surface area contributed by atoms with Crippen LogP contribution in [0.5, 0.6) is 0 Å². The molecule has 4 aliphatic carbocycles. The first-order chi connectivity index (χ1) is 32.1. The van der Waals surface area contributed by atoms with E-state index in [0.29, 0.717) is 45.1 Å². The Kier molecular flexibility index (Phi) is 17.3. The molecule has 0 amide bonds. The van der Waals surface area contributed by atoms with Crippen molar-refractivity contribution in [2.24, 2.45) is 46.3 Å². The highest BCUT2D eigenvalue weighted by molar-refractivity contribution is 5.26. The lowest BCUT2D eigenvalue weighted by Crippen LogP contribution is -2.55. The van der Waals surface area contributed by atoms with E-state index in [1.807, 2.05) is 54.6 Å². The van der Waals surface area contributed by atoms with Crippen molar-refractivity contribution in [1.82, 2.24) is 0 Å². The molecule has 66 heavy (non-hydrogen) atoms. The van der Waals surface area contributed by atoms with Crippen LogP contribution in [0.3, 0.4) is 0 Å². The molecule has 1 heterocycles. The van der Waals surface area contributed by atoms with Crippen LogP contribution in [0.25, 0.3) is 0 Å². The Morgan fingerprint density at radius 3 is 2.06 bits per heavy atom. The van der Waals surface area contributed by atoms with E-state index < -0.39 is 24.1 Å². The summed E-state index contributed by atoms with van der Waals surface area (Å²) in [4.78, 5) is 0. The van der Waals surface area contributed by atoms with E-state index in [9.17, 15) is 0 Å². The van der Waals surface area contributed by atoms with Gasteiger partial charge in [-0.2, -0.15) is 0 Å². The summed E-state index contributed by atoms with van der Waals surface area (Å²) in [6.07, 6.45) is 14.7. The lowest BCUT2D eigenvalue weighted by molar-refractivity contribution is -0.315. The SMILES string of the molecule is COCCOCOC[C@]1(O[C@H]2CC[C@@]3(C)C(=CC[C@H]4[C@@H]5CC[C@H]([C@H](C)CCCC(C)C)[C@@]5(C)CC[C@@H]43)C2)O[C@H](COCc2ccccc2)[C@@H](OCc2ccccc2)[C@@H]1OCc1ccccc1. The van der Waals surface area contributed by atoms with Crippen molar-refractivity contribution in [3.05, 3.63) is 119 Å². The van der Waals surface area contributed by atoms with Gasteiger partial charge >= 0.3 is 0 Å². The fourth-order valence-electron chi connectivity index (χ4n) is 13.5. The maximum Gasteiger partial charge on any atom is 0.222 e. The third kappa shape index (κ3) is 11.6. The molecular formula is C58H82O8. The molecule has 3 saturated carbocycles. The third-order valence-corrected chi connectivity index (χ3v) is 16.9. The van der Waals surface area contributed by atoms with Crippen LogP contribution in [-0.2, 0) is 57.7 Å². The molecule has 1 saturated heterocycles. The number of ether oxygens (including phenoxy) is 8. The Bertz CT molecular complexity index is 1920. The van der Waals surface area contributed by atoms with Crippen LogP contribution in [0.2, 0.25) is 0 Å². The summed E-state index contributed by atoms with van der Waals surface area (Å²) in [5, 5.41) is 0. The molecule has 3 aromatic carbocycles. The molecule has 362 valence electrons. The molecular weight excluding hydrogens is 825 g/mol. The first kappa shape index (κ1) is 49.5. The molecule has 0 N–H and O–H groups in total. The van der Waals surface area contributed by atoms with E-state index in [-0.39, 0.29) is 24.9 Å². The van der Waals surface area contributed by atoms with Gasteiger partial charge in [0.15, 0.2) is 0 Å². The van der Waals surface area contributed by atoms with Gasteiger partial charge in [-0.15, -0.1) is 0 Å². The van der Waals surface area contributed by atoms with Gasteiger partial charge in [-0.1, -0.05) is 157 Å². The lowest BCUT2D eigenvalue weighted by atomic mass is 9.47. The van der Waals surface area contributed by atoms with E-state index in [1.54, 1.807) is 12.7 Å². The molecule has 4 fully saturated rings. The van der Waals surface area contributed by atoms with Crippen LogP contribution in [0.1, 0.15) is 122 Å². The Morgan fingerprint density at radius 1 is 0.697 bits per heavy atom. The third-order valence-electron chi connectivity index (χ3n) is 16.9. The van der Waals surface area contributed by atoms with Gasteiger partial charge in [0.2, 0.25) is 5.79 Å². The van der Waals surface area contributed by atoms with Crippen molar-refractivity contribution in [3.8, 4) is 0 Å². The summed E-state index contributed by atoms with van der Waals surface area (Å²) < 4.78 is 52.8. The second-order valence-electron chi connectivity index (χ2n) is 21.6. The van der Waals surface area contributed by atoms with Crippen LogP contribution in [0.15, 0.2) is 103 Å². The zero-order valence-corrected chi connectivity index (χ0v) is 41.2. The zero-order valence-electron chi connectivity index (χ0n) is 41.2. The molecule has 8 heteroatoms. The normalized spacial score (nSPS) is 33.3. The smallest absolute Gasteiger partial charge is 0.222 e. The van der Waals surface area contributed by atoms with E-state index in [4.69, 9.17) is 37.9 Å². The van der Waals surface area contributed by atoms with E-state index >= 15 is 0 Å². The van der Waals surface area contributed by atoms with Crippen molar-refractivity contribution in [2.75, 3.05) is 40.3 Å². The minimum Gasteiger partial charge on any atom is -0.382 e. The van der Waals surface area contributed by atoms with Gasteiger partial charge in [-0.3, -0.25) is 0 Å². The number of hydrogen-bond donors (Lipinski definition) is 0. The number of fused-ring (bicyclic) bond motifs is 5. The molecule has 0 spiro atoms. The second-order valence-corrected chi connectivity index (χ2v) is 21.6. The van der Waals surface area contributed by atoms with Crippen LogP contribution >= 0.6 is 0 Å². The first-order valence-electron chi connectivity index (χ1n) is 25.7. The van der Waals surface area contributed by atoms with Crippen LogP contribution in [0, 0.1) is 46.3 Å². The summed E-state index contributed by atoms with van der Waals surface area (Å²) in [5.41, 5.74) is 5.47. The molecule has 12 atom stereocenters. The molecule has 5 aliphatic rings. The zero-order chi connectivity index (χ0) is 46.0. The standard InChI is InChI=1S/C58H82O8/c1-42(2)17-16-18-43(3)50-27-28-51-49-26-25-47-35-48(29-31-56(47,4)52(49)30-32-57(50,51)5)65-58(40-62-41-60-34-33-59-6)55(64-38-46-23-14-9-15-24-46)54(63-37-45-21-12-8-13-22-45)53(66-58)39-61-36-44-19-10-7-11-20-44/h7-15,19-25,42-43,48-55H,16-18,26-41H2,1-6H3/t43-,48+,49+,50-,51+,52+,53-,54-,55+,56+,57-,58+/m1/s1. The first-order valence-corrected chi connectivity index (χ1v) is 25.7. The maximum atomic E-state index is 7.52. The van der Waals surface area contributed by atoms with Gasteiger partial charge in [0.1, 0.15) is 31.7 Å². The minimum absolute atomic E-state index is 0.0720. The molecule has 0 bridgehead atoms. The minimum atomic E-state index is -1.30. The highest BCUT2D eigenvalue weighted by atomic mass is 16.8. The number of rotatable bonds is 24. The van der Waals surface area contributed by atoms with E-state index in [0.717, 1.165) is 71.5 Å². The number of hydrogen-bond acceptors (Lipinski definition) is 8. The van der Waals surface area contributed by atoms with Crippen molar-refractivity contribution < 1.29 is 37.9 Å². The largest absolute Gasteiger partial charge is 0.382 e. The number of allylic oxidation sites excluding steroid dienone is 1. The highest BCUT2D eigenvalue weighted by Crippen LogP contribution is 2.67. The van der Waals surface area contributed by atoms with E-state index in [1.165, 1.54) is 51.4 Å². The van der Waals surface area contributed by atoms with Crippen LogP contribution < -0.4 is 0 Å². The van der Waals surface area contributed by atoms with Crippen molar-refractivity contribution in [3.63, 3.8) is 0 Å². The van der Waals surface area contributed by atoms with Crippen molar-refractivity contribution >= 4 is 0 Å². The lowest BCUT2D eigenvalue weighted by Gasteiger charge is -2.58. The Hall–Kier alpha value is -2.92. The average Bonchev–Trinajstić information content (AvgIpc) is 3.83. The summed E-state index contributed by atoms with van der Waals surface area (Å²) >= 11 is 0. The van der Waals surface area contributed by atoms with Gasteiger partial charge in [0.25, 0.3) is 0 Å². The van der Waals surface area contributed by atoms with Gasteiger partial charge in [-0.05, 0) is 114 Å². The van der Waals surface area contributed by atoms with E-state index in [2.05, 4.69) is 77.1 Å². The van der Waals surface area contributed by atoms with Crippen molar-refractivity contribution in [1.29, 1.82) is 0 Å². The molecule has 0 aromatic heterocycles. The molecule has 3 aromatic rings. The maximum absolute atomic E-state index is 7.52.